The highest BCUT2D eigenvalue weighted by molar-refractivity contribution is 7.16. The summed E-state index contributed by atoms with van der Waals surface area (Å²) < 4.78 is 0. The second-order valence-corrected chi connectivity index (χ2v) is 7.87. The van der Waals surface area contributed by atoms with Crippen LogP contribution >= 0.6 is 11.3 Å². The molecule has 1 fully saturated rings. The first-order chi connectivity index (χ1) is 10.2. The van der Waals surface area contributed by atoms with Crippen LogP contribution in [0.3, 0.4) is 0 Å². The van der Waals surface area contributed by atoms with Gasteiger partial charge >= 0.3 is 0 Å². The average molecular weight is 304 g/mol. The van der Waals surface area contributed by atoms with Gasteiger partial charge in [-0.3, -0.25) is 0 Å². The number of nitrogens with one attached hydrogen (secondary N) is 1. The molecule has 0 spiro atoms. The molecule has 0 aromatic carbocycles. The van der Waals surface area contributed by atoms with Gasteiger partial charge in [-0.05, 0) is 68.4 Å². The third kappa shape index (κ3) is 3.21. The van der Waals surface area contributed by atoms with Gasteiger partial charge in [0.2, 0.25) is 0 Å². The molecule has 1 nitrogen and oxygen atoms in total. The van der Waals surface area contributed by atoms with Crippen molar-refractivity contribution in [2.45, 2.75) is 77.7 Å². The van der Waals surface area contributed by atoms with Crippen molar-refractivity contribution in [2.24, 2.45) is 5.92 Å². The smallest absolute Gasteiger partial charge is 0.0966 e. The van der Waals surface area contributed by atoms with E-state index in [1.165, 1.54) is 67.5 Å². The lowest BCUT2D eigenvalue weighted by molar-refractivity contribution is 0.618. The third-order valence-corrected chi connectivity index (χ3v) is 6.25. The fourth-order valence-corrected chi connectivity index (χ4v) is 5.09. The van der Waals surface area contributed by atoms with Crippen molar-refractivity contribution in [3.8, 4) is 0 Å². The number of aryl methyl sites for hydroxylation is 1. The van der Waals surface area contributed by atoms with Crippen LogP contribution in [0.1, 0.15) is 74.8 Å². The quantitative estimate of drug-likeness (QED) is 0.647. The van der Waals surface area contributed by atoms with E-state index in [0.717, 1.165) is 12.3 Å². The Labute approximate surface area is 133 Å². The van der Waals surface area contributed by atoms with E-state index in [0.29, 0.717) is 6.04 Å². The van der Waals surface area contributed by atoms with E-state index in [9.17, 15) is 0 Å². The highest BCUT2D eigenvalue weighted by Gasteiger charge is 2.31. The largest absolute Gasteiger partial charge is 0.373 e. The summed E-state index contributed by atoms with van der Waals surface area (Å²) in [4.78, 5) is 1.64. The lowest BCUT2D eigenvalue weighted by Crippen LogP contribution is -2.20. The lowest BCUT2D eigenvalue weighted by atomic mass is 9.91. The fourth-order valence-electron chi connectivity index (χ4n) is 3.69. The van der Waals surface area contributed by atoms with Crippen molar-refractivity contribution in [2.75, 3.05) is 5.32 Å². The number of anilines is 1. The molecule has 1 atom stereocenters. The Morgan fingerprint density at radius 3 is 2.71 bits per heavy atom. The molecular formula is C19H29NS. The van der Waals surface area contributed by atoms with Crippen molar-refractivity contribution < 1.29 is 0 Å². The van der Waals surface area contributed by atoms with Crippen LogP contribution in [-0.2, 0) is 12.8 Å². The number of thiophene rings is 1. The molecule has 2 aliphatic rings. The van der Waals surface area contributed by atoms with Gasteiger partial charge in [-0.2, -0.15) is 0 Å². The minimum atomic E-state index is 0.679. The minimum absolute atomic E-state index is 0.679. The Morgan fingerprint density at radius 1 is 1.29 bits per heavy atom. The molecule has 0 amide bonds. The zero-order valence-electron chi connectivity index (χ0n) is 13.6. The summed E-state index contributed by atoms with van der Waals surface area (Å²) in [7, 11) is 0. The normalized spacial score (nSPS) is 19.1. The van der Waals surface area contributed by atoms with Crippen LogP contribution in [0.5, 0.6) is 0 Å². The number of allylic oxidation sites excluding steroid dienone is 1. The summed E-state index contributed by atoms with van der Waals surface area (Å²) in [5.74, 6) is 0.918. The maximum absolute atomic E-state index is 4.42. The molecule has 21 heavy (non-hydrogen) atoms. The first-order valence-electron chi connectivity index (χ1n) is 8.83. The zero-order valence-corrected chi connectivity index (χ0v) is 14.5. The number of rotatable bonds is 7. The van der Waals surface area contributed by atoms with Crippen molar-refractivity contribution >= 4 is 21.9 Å². The van der Waals surface area contributed by atoms with Gasteiger partial charge in [0, 0.05) is 16.5 Å². The monoisotopic (exact) mass is 303 g/mol. The van der Waals surface area contributed by atoms with Crippen molar-refractivity contribution in [3.63, 3.8) is 0 Å². The van der Waals surface area contributed by atoms with Crippen LogP contribution in [0, 0.1) is 5.92 Å². The molecule has 1 aromatic rings. The van der Waals surface area contributed by atoms with E-state index in [1.54, 1.807) is 10.4 Å². The Bertz CT molecular complexity index is 510. The van der Waals surface area contributed by atoms with Crippen LogP contribution in [0.2, 0.25) is 0 Å². The Kier molecular flexibility index (Phi) is 4.73. The fraction of sp³-hybridized carbons (Fsp3) is 0.684. The Morgan fingerprint density at radius 2 is 2.05 bits per heavy atom. The van der Waals surface area contributed by atoms with Gasteiger partial charge < -0.3 is 5.32 Å². The summed E-state index contributed by atoms with van der Waals surface area (Å²) >= 11 is 2.03. The SMILES string of the molecule is C=C(CCC)c1c(NC(CC)C2CC2)sc2c1CCCC2. The topological polar surface area (TPSA) is 12.0 Å². The van der Waals surface area contributed by atoms with Gasteiger partial charge in [0.05, 0.1) is 5.00 Å². The lowest BCUT2D eigenvalue weighted by Gasteiger charge is -2.19. The third-order valence-electron chi connectivity index (χ3n) is 5.02. The molecule has 0 radical (unpaired) electrons. The molecule has 0 aliphatic heterocycles. The molecule has 0 bridgehead atoms. The number of hydrogen-bond acceptors (Lipinski definition) is 2. The molecule has 2 heteroatoms. The maximum Gasteiger partial charge on any atom is 0.0966 e. The Hall–Kier alpha value is -0.760. The molecule has 1 unspecified atom stereocenters. The summed E-state index contributed by atoms with van der Waals surface area (Å²) in [6.45, 7) is 9.00. The van der Waals surface area contributed by atoms with Gasteiger partial charge in [0.25, 0.3) is 0 Å². The molecule has 1 saturated carbocycles. The van der Waals surface area contributed by atoms with Gasteiger partial charge in [0.15, 0.2) is 0 Å². The Balaban J connectivity index is 1.90. The van der Waals surface area contributed by atoms with Crippen LogP contribution in [0.15, 0.2) is 6.58 Å². The number of fused-ring (bicyclic) bond motifs is 1. The van der Waals surface area contributed by atoms with Gasteiger partial charge in [-0.15, -0.1) is 11.3 Å². The first kappa shape index (κ1) is 15.1. The molecule has 1 aromatic heterocycles. The maximum atomic E-state index is 4.42. The summed E-state index contributed by atoms with van der Waals surface area (Å²) in [5.41, 5.74) is 4.51. The molecule has 2 aliphatic carbocycles. The summed E-state index contributed by atoms with van der Waals surface area (Å²) in [6.07, 6.45) is 11.7. The highest BCUT2D eigenvalue weighted by atomic mass is 32.1. The van der Waals surface area contributed by atoms with Gasteiger partial charge in [-0.25, -0.2) is 0 Å². The van der Waals surface area contributed by atoms with Crippen LogP contribution < -0.4 is 5.32 Å². The molecule has 0 saturated heterocycles. The predicted molar refractivity (Wildman–Crippen MR) is 95.3 cm³/mol. The first-order valence-corrected chi connectivity index (χ1v) is 9.65. The molecule has 3 rings (SSSR count). The molecule has 1 heterocycles. The minimum Gasteiger partial charge on any atom is -0.373 e. The standard InChI is InChI=1S/C19H29NS/c1-4-8-13(3)18-15-9-6-7-10-17(15)21-19(18)20-16(5-2)14-11-12-14/h14,16,20H,3-12H2,1-2H3. The predicted octanol–water partition coefficient (Wildman–Crippen LogP) is 6.04. The van der Waals surface area contributed by atoms with E-state index < -0.39 is 0 Å². The molecule has 116 valence electrons. The van der Waals surface area contributed by atoms with Crippen molar-refractivity contribution in [1.82, 2.24) is 0 Å². The van der Waals surface area contributed by atoms with Gasteiger partial charge in [-0.1, -0.05) is 26.8 Å². The zero-order chi connectivity index (χ0) is 14.8. The van der Waals surface area contributed by atoms with Crippen LogP contribution in [0.4, 0.5) is 5.00 Å². The van der Waals surface area contributed by atoms with E-state index >= 15 is 0 Å². The second kappa shape index (κ2) is 6.56. The van der Waals surface area contributed by atoms with E-state index in [4.69, 9.17) is 0 Å². The molecule has 1 N–H and O–H groups in total. The van der Waals surface area contributed by atoms with E-state index in [2.05, 4.69) is 25.7 Å². The highest BCUT2D eigenvalue weighted by Crippen LogP contribution is 2.44. The van der Waals surface area contributed by atoms with Crippen molar-refractivity contribution in [3.05, 3.63) is 22.6 Å². The summed E-state index contributed by atoms with van der Waals surface area (Å²) in [5, 5.41) is 5.36. The summed E-state index contributed by atoms with van der Waals surface area (Å²) in [6, 6.07) is 0.679. The van der Waals surface area contributed by atoms with Crippen LogP contribution in [0.25, 0.3) is 5.57 Å². The van der Waals surface area contributed by atoms with Crippen LogP contribution in [-0.4, -0.2) is 6.04 Å². The van der Waals surface area contributed by atoms with E-state index in [-0.39, 0.29) is 0 Å². The second-order valence-electron chi connectivity index (χ2n) is 6.77. The molecular weight excluding hydrogens is 274 g/mol. The average Bonchev–Trinajstić information content (AvgIpc) is 3.25. The van der Waals surface area contributed by atoms with Crippen molar-refractivity contribution in [1.29, 1.82) is 0 Å². The van der Waals surface area contributed by atoms with E-state index in [1.807, 2.05) is 11.3 Å². The number of hydrogen-bond donors (Lipinski definition) is 1. The van der Waals surface area contributed by atoms with Gasteiger partial charge in [0.1, 0.15) is 0 Å².